The van der Waals surface area contributed by atoms with Crippen molar-refractivity contribution in [2.75, 3.05) is 36.4 Å². The van der Waals surface area contributed by atoms with Gasteiger partial charge in [0, 0.05) is 48.7 Å². The molecule has 0 atom stereocenters. The maximum absolute atomic E-state index is 13.8. The van der Waals surface area contributed by atoms with E-state index in [0.717, 1.165) is 30.7 Å². The van der Waals surface area contributed by atoms with Crippen LogP contribution in [0, 0.1) is 0 Å². The zero-order valence-corrected chi connectivity index (χ0v) is 17.8. The van der Waals surface area contributed by atoms with E-state index in [-0.39, 0.29) is 17.7 Å². The Morgan fingerprint density at radius 3 is 2.70 bits per heavy atom. The number of aliphatic hydroxyl groups is 1. The summed E-state index contributed by atoms with van der Waals surface area (Å²) in [6, 6.07) is 3.56. The van der Waals surface area contributed by atoms with Crippen molar-refractivity contribution < 1.29 is 18.3 Å². The number of H-pyrrole nitrogens is 1. The first-order valence-electron chi connectivity index (χ1n) is 10.9. The van der Waals surface area contributed by atoms with Crippen LogP contribution in [0.1, 0.15) is 24.8 Å². The maximum atomic E-state index is 13.8. The van der Waals surface area contributed by atoms with Crippen LogP contribution in [0.15, 0.2) is 36.3 Å². The molecule has 5 rings (SSSR count). The Hall–Kier alpha value is -3.18. The van der Waals surface area contributed by atoms with Crippen molar-refractivity contribution in [3.63, 3.8) is 0 Å². The highest BCUT2D eigenvalue weighted by molar-refractivity contribution is 5.94. The van der Waals surface area contributed by atoms with Crippen LogP contribution in [0.2, 0.25) is 0 Å². The highest BCUT2D eigenvalue weighted by Gasteiger charge is 2.36. The van der Waals surface area contributed by atoms with Gasteiger partial charge in [-0.1, -0.05) is 6.08 Å². The van der Waals surface area contributed by atoms with Gasteiger partial charge in [-0.15, -0.1) is 0 Å². The lowest BCUT2D eigenvalue weighted by molar-refractivity contribution is -0.137. The van der Waals surface area contributed by atoms with Gasteiger partial charge in [-0.2, -0.15) is 13.2 Å². The first kappa shape index (κ1) is 21.7. The number of rotatable bonds is 4. The highest BCUT2D eigenvalue weighted by Crippen LogP contribution is 2.39. The van der Waals surface area contributed by atoms with Crippen LogP contribution in [-0.2, 0) is 6.18 Å². The van der Waals surface area contributed by atoms with Gasteiger partial charge in [-0.05, 0) is 37.9 Å². The molecule has 174 valence electrons. The van der Waals surface area contributed by atoms with Gasteiger partial charge in [0.25, 0.3) is 0 Å². The molecule has 0 saturated carbocycles. The quantitative estimate of drug-likeness (QED) is 0.475. The fourth-order valence-electron chi connectivity index (χ4n) is 4.20. The summed E-state index contributed by atoms with van der Waals surface area (Å²) in [5, 5.41) is 16.5. The van der Waals surface area contributed by atoms with Crippen LogP contribution in [0.25, 0.3) is 22.3 Å². The minimum Gasteiger partial charge on any atom is -0.393 e. The third-order valence-electron chi connectivity index (χ3n) is 5.96. The lowest BCUT2D eigenvalue weighted by Crippen LogP contribution is -2.36. The van der Waals surface area contributed by atoms with Crippen LogP contribution in [0.5, 0.6) is 0 Å². The molecule has 0 aliphatic carbocycles. The lowest BCUT2D eigenvalue weighted by Gasteiger charge is -2.30. The Morgan fingerprint density at radius 2 is 1.97 bits per heavy atom. The molecular weight excluding hydrogens is 435 g/mol. The second kappa shape index (κ2) is 8.64. The van der Waals surface area contributed by atoms with Crippen molar-refractivity contribution >= 4 is 22.8 Å². The summed E-state index contributed by atoms with van der Waals surface area (Å²) in [5.74, 6) is 0.833. The molecule has 33 heavy (non-hydrogen) atoms. The molecule has 0 aromatic carbocycles. The molecule has 5 heterocycles. The first-order valence-corrected chi connectivity index (χ1v) is 10.9. The van der Waals surface area contributed by atoms with E-state index in [4.69, 9.17) is 0 Å². The number of aliphatic hydroxyl groups excluding tert-OH is 1. The smallest absolute Gasteiger partial charge is 0.393 e. The maximum Gasteiger partial charge on any atom is 0.419 e. The summed E-state index contributed by atoms with van der Waals surface area (Å²) in [7, 11) is 0. The van der Waals surface area contributed by atoms with Gasteiger partial charge >= 0.3 is 6.18 Å². The molecule has 0 unspecified atom stereocenters. The fraction of sp³-hybridized carbons (Fsp3) is 0.409. The van der Waals surface area contributed by atoms with E-state index < -0.39 is 11.7 Å². The van der Waals surface area contributed by atoms with Crippen LogP contribution in [0.3, 0.4) is 0 Å². The van der Waals surface area contributed by atoms with Crippen molar-refractivity contribution in [2.45, 2.75) is 31.5 Å². The molecule has 2 aliphatic heterocycles. The molecule has 0 amide bonds. The molecular formula is C22H24F3N7O. The van der Waals surface area contributed by atoms with E-state index in [1.807, 2.05) is 6.08 Å². The second-order valence-corrected chi connectivity index (χ2v) is 8.26. The Balaban J connectivity index is 1.52. The summed E-state index contributed by atoms with van der Waals surface area (Å²) in [6.45, 7) is 2.79. The fourth-order valence-corrected chi connectivity index (χ4v) is 4.20. The number of nitrogens with one attached hydrogen (secondary N) is 3. The average Bonchev–Trinajstić information content (AvgIpc) is 3.23. The molecule has 2 aliphatic rings. The molecule has 0 radical (unpaired) electrons. The number of hydrogen-bond donors (Lipinski definition) is 4. The van der Waals surface area contributed by atoms with Crippen molar-refractivity contribution in [3.05, 3.63) is 41.9 Å². The molecule has 1 fully saturated rings. The number of nitrogens with zero attached hydrogens (tertiary/aromatic N) is 4. The van der Waals surface area contributed by atoms with Crippen LogP contribution in [0.4, 0.5) is 24.9 Å². The summed E-state index contributed by atoms with van der Waals surface area (Å²) >= 11 is 0. The molecule has 1 saturated heterocycles. The monoisotopic (exact) mass is 459 g/mol. The largest absolute Gasteiger partial charge is 0.419 e. The molecule has 0 spiro atoms. The number of fused-ring (bicyclic) bond motifs is 1. The molecule has 3 aromatic heterocycles. The number of halogens is 3. The van der Waals surface area contributed by atoms with Crippen LogP contribution in [-0.4, -0.2) is 57.3 Å². The summed E-state index contributed by atoms with van der Waals surface area (Å²) in [6.07, 6.45) is 1.54. The van der Waals surface area contributed by atoms with E-state index in [9.17, 15) is 18.3 Å². The topological polar surface area (TPSA) is 102 Å². The highest BCUT2D eigenvalue weighted by atomic mass is 19.4. The summed E-state index contributed by atoms with van der Waals surface area (Å²) < 4.78 is 41.4. The number of aromatic nitrogens is 4. The van der Waals surface area contributed by atoms with E-state index >= 15 is 0 Å². The number of anilines is 2. The second-order valence-electron chi connectivity index (χ2n) is 8.26. The number of pyridine rings is 1. The zero-order chi connectivity index (χ0) is 23.0. The van der Waals surface area contributed by atoms with Crippen LogP contribution < -0.4 is 15.5 Å². The molecule has 4 N–H and O–H groups in total. The van der Waals surface area contributed by atoms with Crippen molar-refractivity contribution in [1.82, 2.24) is 25.3 Å². The van der Waals surface area contributed by atoms with Gasteiger partial charge in [-0.3, -0.25) is 0 Å². The van der Waals surface area contributed by atoms with E-state index in [2.05, 4.69) is 35.5 Å². The third kappa shape index (κ3) is 4.51. The van der Waals surface area contributed by atoms with Gasteiger partial charge < -0.3 is 25.6 Å². The molecule has 0 bridgehead atoms. The summed E-state index contributed by atoms with van der Waals surface area (Å²) in [5.41, 5.74) is 0.509. The molecule has 3 aromatic rings. The third-order valence-corrected chi connectivity index (χ3v) is 5.96. The SMILES string of the molecule is OC1CCN(c2ccc3c(-c4nc(NC5=CCCNC5)ncc4C(F)(F)F)c[nH]c3n2)CC1. The Labute approximate surface area is 188 Å². The van der Waals surface area contributed by atoms with E-state index in [1.54, 1.807) is 12.1 Å². The van der Waals surface area contributed by atoms with Gasteiger partial charge in [0.15, 0.2) is 0 Å². The minimum absolute atomic E-state index is 0.110. The molecule has 8 nitrogen and oxygen atoms in total. The summed E-state index contributed by atoms with van der Waals surface area (Å²) in [4.78, 5) is 17.8. The number of hydrogen-bond acceptors (Lipinski definition) is 7. The van der Waals surface area contributed by atoms with Gasteiger partial charge in [0.05, 0.1) is 11.8 Å². The first-order chi connectivity index (χ1) is 15.9. The van der Waals surface area contributed by atoms with E-state index in [0.29, 0.717) is 49.1 Å². The minimum atomic E-state index is -4.61. The van der Waals surface area contributed by atoms with Crippen molar-refractivity contribution in [3.8, 4) is 11.3 Å². The number of piperidine rings is 1. The zero-order valence-electron chi connectivity index (χ0n) is 17.8. The van der Waals surface area contributed by atoms with E-state index in [1.165, 1.54) is 6.20 Å². The predicted octanol–water partition coefficient (Wildman–Crippen LogP) is 3.29. The van der Waals surface area contributed by atoms with Gasteiger partial charge in [0.2, 0.25) is 5.95 Å². The Kier molecular flexibility index (Phi) is 5.67. The predicted molar refractivity (Wildman–Crippen MR) is 119 cm³/mol. The van der Waals surface area contributed by atoms with Gasteiger partial charge in [-0.25, -0.2) is 15.0 Å². The average molecular weight is 459 g/mol. The number of alkyl halides is 3. The number of aromatic amines is 1. The van der Waals surface area contributed by atoms with Gasteiger partial charge in [0.1, 0.15) is 17.0 Å². The Bertz CT molecular complexity index is 1180. The van der Waals surface area contributed by atoms with Crippen molar-refractivity contribution in [1.29, 1.82) is 0 Å². The molecule has 11 heteroatoms. The Morgan fingerprint density at radius 1 is 1.15 bits per heavy atom. The normalized spacial score (nSPS) is 17.9. The standard InChI is InChI=1S/C22H24F3N7O/c23-22(24,25)17-12-28-21(29-13-2-1-7-26-10-13)31-19(17)16-11-27-20-15(16)3-4-18(30-20)32-8-5-14(33)6-9-32/h2-4,11-12,14,26,33H,1,5-10H2,(H,27,30)(H,28,29,31). The van der Waals surface area contributed by atoms with Crippen LogP contribution >= 0.6 is 0 Å². The van der Waals surface area contributed by atoms with Crippen molar-refractivity contribution in [2.24, 2.45) is 0 Å². The lowest BCUT2D eigenvalue weighted by atomic mass is 10.1.